The number of carboxylic acid groups (broad SMARTS) is 4. The van der Waals surface area contributed by atoms with Crippen LogP contribution in [0.3, 0.4) is 0 Å². The second-order valence-corrected chi connectivity index (χ2v) is 5.97. The molecule has 0 bridgehead atoms. The van der Waals surface area contributed by atoms with Crippen molar-refractivity contribution >= 4 is 34.6 Å². The normalized spacial score (nSPS) is 10.8. The quantitative estimate of drug-likeness (QED) is 0.650. The fourth-order valence-corrected chi connectivity index (χ4v) is 3.61. The Morgan fingerprint density at radius 3 is 0.885 bits per heavy atom. The van der Waals surface area contributed by atoms with Crippen LogP contribution in [0, 0.1) is 27.7 Å². The summed E-state index contributed by atoms with van der Waals surface area (Å²) >= 11 is 0. The average Bonchev–Trinajstić information content (AvgIpc) is 2.46. The van der Waals surface area contributed by atoms with E-state index in [1.165, 1.54) is 27.7 Å². The van der Waals surface area contributed by atoms with Gasteiger partial charge in [-0.15, -0.1) is 0 Å². The van der Waals surface area contributed by atoms with Gasteiger partial charge >= 0.3 is 23.9 Å². The molecule has 136 valence electrons. The first kappa shape index (κ1) is 18.9. The van der Waals surface area contributed by atoms with Crippen LogP contribution in [-0.4, -0.2) is 44.3 Å². The predicted molar refractivity (Wildman–Crippen MR) is 90.7 cm³/mol. The number of aromatic carboxylic acids is 4. The highest BCUT2D eigenvalue weighted by Gasteiger charge is 2.31. The summed E-state index contributed by atoms with van der Waals surface area (Å²) in [5.74, 6) is -5.71. The molecule has 0 amide bonds. The summed E-state index contributed by atoms with van der Waals surface area (Å²) in [5.41, 5.74) is -1.40. The van der Waals surface area contributed by atoms with Crippen molar-refractivity contribution < 1.29 is 39.6 Å². The lowest BCUT2D eigenvalue weighted by Crippen LogP contribution is -2.17. The van der Waals surface area contributed by atoms with Gasteiger partial charge in [-0.2, -0.15) is 0 Å². The molecule has 0 saturated heterocycles. The van der Waals surface area contributed by atoms with Crippen molar-refractivity contribution in [1.82, 2.24) is 0 Å². The molecular weight excluding hydrogens is 344 g/mol. The zero-order valence-corrected chi connectivity index (χ0v) is 14.4. The van der Waals surface area contributed by atoms with Gasteiger partial charge in [-0.1, -0.05) is 0 Å². The maximum absolute atomic E-state index is 11.8. The topological polar surface area (TPSA) is 149 Å². The Kier molecular flexibility index (Phi) is 4.47. The second kappa shape index (κ2) is 6.14. The van der Waals surface area contributed by atoms with Gasteiger partial charge in [0.05, 0.1) is 22.3 Å². The summed E-state index contributed by atoms with van der Waals surface area (Å²) in [4.78, 5) is 47.0. The standard InChI is InChI=1S/C18H16O8/c1-5-9(15(19)20)7(3)14(18(25)26)12-6(2)10(16(21)22)8(4)13(11(5)12)17(23)24/h1-4H3,(H,19,20)(H,21,22)(H,23,24)(H,25,26). The highest BCUT2D eigenvalue weighted by molar-refractivity contribution is 6.19. The van der Waals surface area contributed by atoms with Crippen molar-refractivity contribution in [3.63, 3.8) is 0 Å². The summed E-state index contributed by atoms with van der Waals surface area (Å²) < 4.78 is 0. The van der Waals surface area contributed by atoms with Gasteiger partial charge in [0.15, 0.2) is 0 Å². The summed E-state index contributed by atoms with van der Waals surface area (Å²) in [5, 5.41) is 38.1. The van der Waals surface area contributed by atoms with E-state index < -0.39 is 35.0 Å². The Morgan fingerprint density at radius 1 is 0.462 bits per heavy atom. The first-order valence-electron chi connectivity index (χ1n) is 7.46. The maximum Gasteiger partial charge on any atom is 0.336 e. The number of hydrogen-bond donors (Lipinski definition) is 4. The second-order valence-electron chi connectivity index (χ2n) is 5.97. The first-order valence-corrected chi connectivity index (χ1v) is 7.46. The Balaban J connectivity index is 3.43. The lowest BCUT2D eigenvalue weighted by Gasteiger charge is -2.21. The minimum Gasteiger partial charge on any atom is -0.478 e. The molecule has 0 spiro atoms. The number of hydrogen-bond acceptors (Lipinski definition) is 4. The number of benzene rings is 2. The lowest BCUT2D eigenvalue weighted by atomic mass is 9.82. The molecular formula is C18H16O8. The molecule has 2 aromatic rings. The van der Waals surface area contributed by atoms with Crippen molar-refractivity contribution in [1.29, 1.82) is 0 Å². The summed E-state index contributed by atoms with van der Waals surface area (Å²) in [7, 11) is 0. The van der Waals surface area contributed by atoms with Crippen LogP contribution in [0.2, 0.25) is 0 Å². The molecule has 0 aliphatic rings. The maximum atomic E-state index is 11.8. The van der Waals surface area contributed by atoms with Gasteiger partial charge in [0, 0.05) is 10.8 Å². The largest absolute Gasteiger partial charge is 0.478 e. The summed E-state index contributed by atoms with van der Waals surface area (Å²) in [6.45, 7) is 5.38. The number of carbonyl (C=O) groups is 4. The van der Waals surface area contributed by atoms with Crippen molar-refractivity contribution in [2.24, 2.45) is 0 Å². The molecule has 2 aromatic carbocycles. The first-order chi connectivity index (χ1) is 11.9. The van der Waals surface area contributed by atoms with Crippen molar-refractivity contribution in [2.75, 3.05) is 0 Å². The molecule has 0 unspecified atom stereocenters. The number of fused-ring (bicyclic) bond motifs is 1. The van der Waals surface area contributed by atoms with E-state index in [0.29, 0.717) is 0 Å². The van der Waals surface area contributed by atoms with Crippen LogP contribution in [0.15, 0.2) is 0 Å². The van der Waals surface area contributed by atoms with E-state index in [-0.39, 0.29) is 44.2 Å². The highest BCUT2D eigenvalue weighted by Crippen LogP contribution is 2.38. The van der Waals surface area contributed by atoms with E-state index in [2.05, 4.69) is 0 Å². The van der Waals surface area contributed by atoms with Gasteiger partial charge in [0.2, 0.25) is 0 Å². The van der Waals surface area contributed by atoms with Gasteiger partial charge in [-0.25, -0.2) is 19.2 Å². The van der Waals surface area contributed by atoms with Gasteiger partial charge in [0.25, 0.3) is 0 Å². The summed E-state index contributed by atoms with van der Waals surface area (Å²) in [6, 6.07) is 0. The van der Waals surface area contributed by atoms with Crippen LogP contribution in [-0.2, 0) is 0 Å². The molecule has 8 heteroatoms. The van der Waals surface area contributed by atoms with E-state index in [4.69, 9.17) is 0 Å². The van der Waals surface area contributed by atoms with Gasteiger partial charge in [-0.05, 0) is 49.9 Å². The van der Waals surface area contributed by atoms with Gasteiger partial charge in [-0.3, -0.25) is 0 Å². The lowest BCUT2D eigenvalue weighted by molar-refractivity contribution is 0.0672. The molecule has 26 heavy (non-hydrogen) atoms. The molecule has 0 aliphatic heterocycles. The number of rotatable bonds is 4. The molecule has 0 atom stereocenters. The fraction of sp³-hybridized carbons (Fsp3) is 0.222. The third-order valence-electron chi connectivity index (χ3n) is 4.61. The zero-order chi connectivity index (χ0) is 20.1. The molecule has 2 rings (SSSR count). The van der Waals surface area contributed by atoms with Crippen molar-refractivity contribution in [3.05, 3.63) is 44.5 Å². The SMILES string of the molecule is Cc1c(C(=O)O)c(C)c2c(C(=O)O)c(C)c(C(=O)O)c(C)c2c1C(=O)O. The molecule has 0 heterocycles. The van der Waals surface area contributed by atoms with E-state index >= 15 is 0 Å². The summed E-state index contributed by atoms with van der Waals surface area (Å²) in [6.07, 6.45) is 0. The number of carboxylic acids is 4. The molecule has 0 aromatic heterocycles. The average molecular weight is 360 g/mol. The third kappa shape index (κ3) is 2.46. The van der Waals surface area contributed by atoms with Crippen LogP contribution < -0.4 is 0 Å². The van der Waals surface area contributed by atoms with E-state index in [1.807, 2.05) is 0 Å². The Morgan fingerprint density at radius 2 is 0.692 bits per heavy atom. The predicted octanol–water partition coefficient (Wildman–Crippen LogP) is 2.87. The van der Waals surface area contributed by atoms with Crippen LogP contribution in [0.5, 0.6) is 0 Å². The van der Waals surface area contributed by atoms with Crippen molar-refractivity contribution in [2.45, 2.75) is 27.7 Å². The van der Waals surface area contributed by atoms with Crippen LogP contribution in [0.1, 0.15) is 63.7 Å². The minimum absolute atomic E-state index is 0.0605. The van der Waals surface area contributed by atoms with Crippen molar-refractivity contribution in [3.8, 4) is 0 Å². The smallest absolute Gasteiger partial charge is 0.336 e. The fourth-order valence-electron chi connectivity index (χ4n) is 3.61. The molecule has 0 radical (unpaired) electrons. The van der Waals surface area contributed by atoms with Gasteiger partial charge < -0.3 is 20.4 Å². The Labute approximate surface area is 147 Å². The Hall–Kier alpha value is -3.42. The van der Waals surface area contributed by atoms with Crippen LogP contribution >= 0.6 is 0 Å². The van der Waals surface area contributed by atoms with E-state index in [0.717, 1.165) is 0 Å². The highest BCUT2D eigenvalue weighted by atomic mass is 16.4. The monoisotopic (exact) mass is 360 g/mol. The molecule has 4 N–H and O–H groups in total. The van der Waals surface area contributed by atoms with Crippen LogP contribution in [0.25, 0.3) is 10.8 Å². The minimum atomic E-state index is -1.46. The molecule has 8 nitrogen and oxygen atoms in total. The molecule has 0 saturated carbocycles. The third-order valence-corrected chi connectivity index (χ3v) is 4.61. The molecule has 0 aliphatic carbocycles. The van der Waals surface area contributed by atoms with E-state index in [1.54, 1.807) is 0 Å². The Bertz CT molecular complexity index is 947. The number of aryl methyl sites for hydroxylation is 2. The van der Waals surface area contributed by atoms with Crippen LogP contribution in [0.4, 0.5) is 0 Å². The van der Waals surface area contributed by atoms with Gasteiger partial charge in [0.1, 0.15) is 0 Å². The zero-order valence-electron chi connectivity index (χ0n) is 14.4. The molecule has 0 fully saturated rings. The van der Waals surface area contributed by atoms with E-state index in [9.17, 15) is 39.6 Å².